The van der Waals surface area contributed by atoms with Crippen molar-refractivity contribution in [2.24, 2.45) is 0 Å². The average Bonchev–Trinajstić information content (AvgIpc) is 1.84. The lowest BCUT2D eigenvalue weighted by Gasteiger charge is -2.18. The summed E-state index contributed by atoms with van der Waals surface area (Å²) in [5.74, 6) is -1.78. The Morgan fingerprint density at radius 2 is 2.10 bits per heavy atom. The van der Waals surface area contributed by atoms with E-state index >= 15 is 0 Å². The summed E-state index contributed by atoms with van der Waals surface area (Å²) in [5, 5.41) is 10.3. The average molecular weight is 147 g/mol. The minimum absolute atomic E-state index is 0.426. The Balaban J connectivity index is 2.63. The summed E-state index contributed by atoms with van der Waals surface area (Å²) in [4.78, 5) is 20.7. The Hall–Kier alpha value is -0.970. The summed E-state index contributed by atoms with van der Waals surface area (Å²) < 4.78 is 12.3. The topological polar surface area (TPSA) is 66.4 Å². The molecule has 2 amide bonds. The summed E-state index contributed by atoms with van der Waals surface area (Å²) in [5.41, 5.74) is 0. The van der Waals surface area contributed by atoms with Crippen LogP contribution in [0.25, 0.3) is 0 Å². The van der Waals surface area contributed by atoms with Gasteiger partial charge < -0.3 is 5.11 Å². The van der Waals surface area contributed by atoms with E-state index in [1.807, 2.05) is 0 Å². The van der Waals surface area contributed by atoms with Crippen LogP contribution in [0.15, 0.2) is 0 Å². The minimum Gasteiger partial charge on any atom is -0.383 e. The van der Waals surface area contributed by atoms with Gasteiger partial charge in [-0.25, -0.2) is 4.39 Å². The Morgan fingerprint density at radius 1 is 1.50 bits per heavy atom. The van der Waals surface area contributed by atoms with E-state index < -0.39 is 30.5 Å². The van der Waals surface area contributed by atoms with Crippen molar-refractivity contribution < 1.29 is 19.1 Å². The van der Waals surface area contributed by atoms with E-state index in [0.717, 1.165) is 0 Å². The Morgan fingerprint density at radius 3 is 2.60 bits per heavy atom. The molecule has 4 nitrogen and oxygen atoms in total. The molecule has 1 rings (SSSR count). The van der Waals surface area contributed by atoms with Gasteiger partial charge in [-0.05, 0) is 0 Å². The fraction of sp³-hybridized carbons (Fsp3) is 0.600. The Labute approximate surface area is 56.0 Å². The lowest BCUT2D eigenvalue weighted by molar-refractivity contribution is -0.144. The first-order valence-electron chi connectivity index (χ1n) is 2.78. The van der Waals surface area contributed by atoms with Gasteiger partial charge in [-0.15, -0.1) is 0 Å². The molecular weight excluding hydrogens is 141 g/mol. The van der Waals surface area contributed by atoms with Gasteiger partial charge in [0.25, 0.3) is 11.8 Å². The first kappa shape index (κ1) is 7.14. The van der Waals surface area contributed by atoms with Gasteiger partial charge >= 0.3 is 0 Å². The number of rotatable bonds is 0. The summed E-state index contributed by atoms with van der Waals surface area (Å²) >= 11 is 0. The third-order valence-corrected chi connectivity index (χ3v) is 1.26. The highest BCUT2D eigenvalue weighted by Gasteiger charge is 2.32. The van der Waals surface area contributed by atoms with E-state index in [1.165, 1.54) is 0 Å². The highest BCUT2D eigenvalue weighted by atomic mass is 19.1. The van der Waals surface area contributed by atoms with Crippen LogP contribution in [0, 0.1) is 0 Å². The molecule has 0 bridgehead atoms. The van der Waals surface area contributed by atoms with E-state index in [2.05, 4.69) is 0 Å². The quantitative estimate of drug-likeness (QED) is 0.420. The highest BCUT2D eigenvalue weighted by Crippen LogP contribution is 2.07. The summed E-state index contributed by atoms with van der Waals surface area (Å²) in [6.45, 7) is 0. The van der Waals surface area contributed by atoms with Gasteiger partial charge in [0.05, 0.1) is 0 Å². The molecule has 0 aromatic heterocycles. The van der Waals surface area contributed by atoms with E-state index in [9.17, 15) is 14.0 Å². The maximum Gasteiger partial charge on any atom is 0.261 e. The third-order valence-electron chi connectivity index (χ3n) is 1.26. The number of carbonyl (C=O) groups is 2. The number of nitrogens with one attached hydrogen (secondary N) is 1. The molecule has 2 atom stereocenters. The Kier molecular flexibility index (Phi) is 1.67. The molecule has 0 aromatic carbocycles. The zero-order valence-corrected chi connectivity index (χ0v) is 5.00. The van der Waals surface area contributed by atoms with E-state index in [-0.39, 0.29) is 0 Å². The molecule has 0 aromatic rings. The molecule has 1 aliphatic heterocycles. The monoisotopic (exact) mass is 147 g/mol. The molecule has 0 aliphatic carbocycles. The maximum absolute atomic E-state index is 12.3. The predicted octanol–water partition coefficient (Wildman–Crippen LogP) is -1.27. The van der Waals surface area contributed by atoms with Gasteiger partial charge in [0, 0.05) is 6.42 Å². The molecule has 56 valence electrons. The molecule has 2 N–H and O–H groups in total. The number of alkyl halides is 1. The van der Waals surface area contributed by atoms with Crippen LogP contribution in [0.5, 0.6) is 0 Å². The molecule has 0 saturated carbocycles. The van der Waals surface area contributed by atoms with Crippen molar-refractivity contribution in [2.75, 3.05) is 0 Å². The lowest BCUT2D eigenvalue weighted by atomic mass is 10.1. The zero-order valence-electron chi connectivity index (χ0n) is 5.00. The van der Waals surface area contributed by atoms with Crippen molar-refractivity contribution in [1.82, 2.24) is 5.32 Å². The summed E-state index contributed by atoms with van der Waals surface area (Å²) in [7, 11) is 0. The van der Waals surface area contributed by atoms with Crippen molar-refractivity contribution in [2.45, 2.75) is 18.7 Å². The van der Waals surface area contributed by atoms with Gasteiger partial charge in [0.1, 0.15) is 6.10 Å². The SMILES string of the molecule is O=C1NC(=O)C(F)CC1O. The molecule has 0 spiro atoms. The molecule has 5 heteroatoms. The van der Waals surface area contributed by atoms with E-state index in [0.29, 0.717) is 0 Å². The van der Waals surface area contributed by atoms with E-state index in [4.69, 9.17) is 5.11 Å². The van der Waals surface area contributed by atoms with E-state index in [1.54, 1.807) is 5.32 Å². The standard InChI is InChI=1S/C5H6FNO3/c6-2-1-3(8)5(10)7-4(2)9/h2-3,8H,1H2,(H,7,9,10). The number of imide groups is 1. The number of hydrogen-bond acceptors (Lipinski definition) is 3. The van der Waals surface area contributed by atoms with Crippen LogP contribution >= 0.6 is 0 Å². The van der Waals surface area contributed by atoms with Gasteiger partial charge in [0.15, 0.2) is 6.17 Å². The molecular formula is C5H6FNO3. The second-order valence-electron chi connectivity index (χ2n) is 2.07. The first-order valence-corrected chi connectivity index (χ1v) is 2.78. The molecule has 2 unspecified atom stereocenters. The largest absolute Gasteiger partial charge is 0.383 e. The fourth-order valence-corrected chi connectivity index (χ4v) is 0.693. The van der Waals surface area contributed by atoms with Crippen molar-refractivity contribution in [3.63, 3.8) is 0 Å². The molecule has 0 radical (unpaired) electrons. The number of carbonyl (C=O) groups excluding carboxylic acids is 2. The fourth-order valence-electron chi connectivity index (χ4n) is 0.693. The number of piperidine rings is 1. The number of aliphatic hydroxyl groups excluding tert-OH is 1. The number of halogens is 1. The van der Waals surface area contributed by atoms with Gasteiger partial charge in [0.2, 0.25) is 0 Å². The van der Waals surface area contributed by atoms with Crippen molar-refractivity contribution in [1.29, 1.82) is 0 Å². The second kappa shape index (κ2) is 2.34. The molecule has 1 fully saturated rings. The van der Waals surface area contributed by atoms with Crippen molar-refractivity contribution >= 4 is 11.8 Å². The van der Waals surface area contributed by atoms with Crippen LogP contribution in [0.2, 0.25) is 0 Å². The van der Waals surface area contributed by atoms with Crippen LogP contribution in [-0.4, -0.2) is 29.2 Å². The predicted molar refractivity (Wildman–Crippen MR) is 28.7 cm³/mol. The van der Waals surface area contributed by atoms with Gasteiger partial charge in [-0.1, -0.05) is 0 Å². The van der Waals surface area contributed by atoms with Crippen molar-refractivity contribution in [3.8, 4) is 0 Å². The lowest BCUT2D eigenvalue weighted by Crippen LogP contribution is -2.49. The van der Waals surface area contributed by atoms with Gasteiger partial charge in [-0.2, -0.15) is 0 Å². The van der Waals surface area contributed by atoms with Crippen LogP contribution < -0.4 is 5.32 Å². The van der Waals surface area contributed by atoms with Crippen LogP contribution in [0.1, 0.15) is 6.42 Å². The third kappa shape index (κ3) is 1.13. The summed E-state index contributed by atoms with van der Waals surface area (Å²) in [6, 6.07) is 0. The highest BCUT2D eigenvalue weighted by molar-refractivity contribution is 6.01. The smallest absolute Gasteiger partial charge is 0.261 e. The number of amides is 2. The van der Waals surface area contributed by atoms with Crippen LogP contribution in [-0.2, 0) is 9.59 Å². The molecule has 10 heavy (non-hydrogen) atoms. The Bertz CT molecular complexity index is 164. The molecule has 1 aliphatic rings. The zero-order chi connectivity index (χ0) is 7.72. The maximum atomic E-state index is 12.3. The number of aliphatic hydroxyl groups is 1. The molecule has 1 saturated heterocycles. The first-order chi connectivity index (χ1) is 4.61. The normalized spacial score (nSPS) is 33.8. The number of hydrogen-bond donors (Lipinski definition) is 2. The van der Waals surface area contributed by atoms with Crippen LogP contribution in [0.3, 0.4) is 0 Å². The molecule has 1 heterocycles. The second-order valence-corrected chi connectivity index (χ2v) is 2.07. The van der Waals surface area contributed by atoms with Gasteiger partial charge in [-0.3, -0.25) is 14.9 Å². The van der Waals surface area contributed by atoms with Crippen LogP contribution in [0.4, 0.5) is 4.39 Å². The minimum atomic E-state index is -1.76. The van der Waals surface area contributed by atoms with Crippen molar-refractivity contribution in [3.05, 3.63) is 0 Å². The summed E-state index contributed by atoms with van der Waals surface area (Å²) in [6.07, 6.45) is -3.56.